The van der Waals surface area contributed by atoms with Crippen LogP contribution < -0.4 is 10.2 Å². The van der Waals surface area contributed by atoms with Gasteiger partial charge in [-0.15, -0.1) is 0 Å². The molecule has 0 unspecified atom stereocenters. The highest BCUT2D eigenvalue weighted by molar-refractivity contribution is 5.98. The number of hydrogen-bond acceptors (Lipinski definition) is 3. The summed E-state index contributed by atoms with van der Waals surface area (Å²) in [4.78, 5) is 29.0. The lowest BCUT2D eigenvalue weighted by atomic mass is 10.1. The molecular formula is C17H18N2O3. The first-order valence-corrected chi connectivity index (χ1v) is 7.40. The van der Waals surface area contributed by atoms with E-state index < -0.39 is 0 Å². The summed E-state index contributed by atoms with van der Waals surface area (Å²) in [6, 6.07) is 9.08. The number of hydrogen-bond donors (Lipinski definition) is 1. The van der Waals surface area contributed by atoms with Gasteiger partial charge >= 0.3 is 0 Å². The molecular weight excluding hydrogens is 280 g/mol. The standard InChI is InChI=1S/C17H18N2O3/c1-2-7-22-16-9-18-13(8-15(16)20)11-19-10-12-5-3-4-6-14(12)17(19)21/h3-6,8-9H,2,7,10-11H2,1H3,(H,18,20). The zero-order chi connectivity index (χ0) is 15.5. The van der Waals surface area contributed by atoms with E-state index in [0.29, 0.717) is 31.1 Å². The minimum absolute atomic E-state index is 0.00255. The Balaban J connectivity index is 1.74. The monoisotopic (exact) mass is 298 g/mol. The minimum Gasteiger partial charge on any atom is -0.488 e. The Morgan fingerprint density at radius 2 is 2.09 bits per heavy atom. The molecule has 2 heterocycles. The highest BCUT2D eigenvalue weighted by Crippen LogP contribution is 2.23. The van der Waals surface area contributed by atoms with Crippen molar-refractivity contribution in [2.45, 2.75) is 26.4 Å². The molecule has 0 bridgehead atoms. The van der Waals surface area contributed by atoms with Gasteiger partial charge in [0.2, 0.25) is 5.43 Å². The van der Waals surface area contributed by atoms with Crippen LogP contribution in [0.1, 0.15) is 35.0 Å². The van der Waals surface area contributed by atoms with Gasteiger partial charge in [-0.2, -0.15) is 0 Å². The summed E-state index contributed by atoms with van der Waals surface area (Å²) in [5, 5.41) is 0. The maximum atomic E-state index is 12.3. The summed E-state index contributed by atoms with van der Waals surface area (Å²) in [6.07, 6.45) is 2.42. The van der Waals surface area contributed by atoms with Crippen molar-refractivity contribution >= 4 is 5.91 Å². The average Bonchev–Trinajstić information content (AvgIpc) is 2.83. The van der Waals surface area contributed by atoms with Crippen LogP contribution in [0.25, 0.3) is 0 Å². The van der Waals surface area contributed by atoms with Crippen LogP contribution in [-0.2, 0) is 13.1 Å². The molecule has 1 amide bonds. The molecule has 1 N–H and O–H groups in total. The molecule has 1 aromatic carbocycles. The molecule has 1 aromatic heterocycles. The van der Waals surface area contributed by atoms with Crippen molar-refractivity contribution in [1.29, 1.82) is 0 Å². The third-order valence-electron chi connectivity index (χ3n) is 3.66. The fraction of sp³-hybridized carbons (Fsp3) is 0.294. The number of nitrogens with one attached hydrogen (secondary N) is 1. The Morgan fingerprint density at radius 3 is 2.82 bits per heavy atom. The number of amides is 1. The Kier molecular flexibility index (Phi) is 3.96. The largest absolute Gasteiger partial charge is 0.488 e. The molecule has 5 nitrogen and oxygen atoms in total. The molecule has 22 heavy (non-hydrogen) atoms. The van der Waals surface area contributed by atoms with Crippen LogP contribution >= 0.6 is 0 Å². The van der Waals surface area contributed by atoms with Crippen LogP contribution in [0.4, 0.5) is 0 Å². The van der Waals surface area contributed by atoms with Crippen molar-refractivity contribution in [1.82, 2.24) is 9.88 Å². The zero-order valence-electron chi connectivity index (χ0n) is 12.5. The quantitative estimate of drug-likeness (QED) is 0.921. The Labute approximate surface area is 128 Å². The van der Waals surface area contributed by atoms with Crippen molar-refractivity contribution in [2.24, 2.45) is 0 Å². The van der Waals surface area contributed by atoms with E-state index in [9.17, 15) is 9.59 Å². The van der Waals surface area contributed by atoms with Gasteiger partial charge in [0.1, 0.15) is 0 Å². The summed E-state index contributed by atoms with van der Waals surface area (Å²) < 4.78 is 5.36. The number of H-pyrrole nitrogens is 1. The van der Waals surface area contributed by atoms with Crippen LogP contribution in [0.2, 0.25) is 0 Å². The van der Waals surface area contributed by atoms with E-state index in [1.807, 2.05) is 31.2 Å². The molecule has 114 valence electrons. The number of pyridine rings is 1. The van der Waals surface area contributed by atoms with Crippen LogP contribution in [0.3, 0.4) is 0 Å². The lowest BCUT2D eigenvalue weighted by Crippen LogP contribution is -2.24. The van der Waals surface area contributed by atoms with Gasteiger partial charge in [0.25, 0.3) is 5.91 Å². The highest BCUT2D eigenvalue weighted by Gasteiger charge is 2.26. The number of carbonyl (C=O) groups is 1. The van der Waals surface area contributed by atoms with E-state index in [4.69, 9.17) is 4.74 Å². The number of aromatic amines is 1. The molecule has 0 fully saturated rings. The van der Waals surface area contributed by atoms with Gasteiger partial charge in [0.15, 0.2) is 5.75 Å². The number of nitrogens with zero attached hydrogens (tertiary/aromatic N) is 1. The van der Waals surface area contributed by atoms with Crippen molar-refractivity contribution in [2.75, 3.05) is 6.61 Å². The Bertz CT molecular complexity index is 752. The van der Waals surface area contributed by atoms with E-state index >= 15 is 0 Å². The lowest BCUT2D eigenvalue weighted by molar-refractivity contribution is 0.0764. The number of rotatable bonds is 5. The van der Waals surface area contributed by atoms with Crippen molar-refractivity contribution in [3.63, 3.8) is 0 Å². The predicted octanol–water partition coefficient (Wildman–Crippen LogP) is 2.32. The van der Waals surface area contributed by atoms with Crippen molar-refractivity contribution in [3.8, 4) is 5.75 Å². The molecule has 5 heteroatoms. The van der Waals surface area contributed by atoms with Gasteiger partial charge in [-0.05, 0) is 18.1 Å². The fourth-order valence-electron chi connectivity index (χ4n) is 2.56. The van der Waals surface area contributed by atoms with Gasteiger partial charge in [-0.25, -0.2) is 0 Å². The first-order valence-electron chi connectivity index (χ1n) is 7.40. The normalized spacial score (nSPS) is 13.3. The molecule has 0 aliphatic carbocycles. The highest BCUT2D eigenvalue weighted by atomic mass is 16.5. The number of benzene rings is 1. The van der Waals surface area contributed by atoms with Gasteiger partial charge < -0.3 is 14.6 Å². The molecule has 3 rings (SSSR count). The maximum Gasteiger partial charge on any atom is 0.254 e. The Morgan fingerprint density at radius 1 is 1.27 bits per heavy atom. The van der Waals surface area contributed by atoms with Crippen LogP contribution in [-0.4, -0.2) is 22.4 Å². The molecule has 0 atom stereocenters. The predicted molar refractivity (Wildman–Crippen MR) is 82.9 cm³/mol. The number of ether oxygens (including phenoxy) is 1. The molecule has 1 aliphatic rings. The maximum absolute atomic E-state index is 12.3. The third kappa shape index (κ3) is 2.74. The summed E-state index contributed by atoms with van der Waals surface area (Å²) >= 11 is 0. The Hall–Kier alpha value is -2.56. The van der Waals surface area contributed by atoms with Crippen molar-refractivity contribution in [3.05, 3.63) is 63.6 Å². The lowest BCUT2D eigenvalue weighted by Gasteiger charge is -2.15. The zero-order valence-corrected chi connectivity index (χ0v) is 12.5. The van der Waals surface area contributed by atoms with Gasteiger partial charge in [-0.1, -0.05) is 25.1 Å². The molecule has 1 aliphatic heterocycles. The smallest absolute Gasteiger partial charge is 0.254 e. The number of carbonyl (C=O) groups excluding carboxylic acids is 1. The van der Waals surface area contributed by atoms with Crippen LogP contribution in [0.15, 0.2) is 41.3 Å². The van der Waals surface area contributed by atoms with E-state index in [1.165, 1.54) is 6.07 Å². The minimum atomic E-state index is -0.161. The van der Waals surface area contributed by atoms with E-state index in [0.717, 1.165) is 17.5 Å². The number of aromatic nitrogens is 1. The summed E-state index contributed by atoms with van der Waals surface area (Å²) in [5.74, 6) is 0.324. The van der Waals surface area contributed by atoms with Gasteiger partial charge in [0.05, 0.1) is 13.2 Å². The summed E-state index contributed by atoms with van der Waals surface area (Å²) in [6.45, 7) is 3.46. The second-order valence-corrected chi connectivity index (χ2v) is 5.35. The average molecular weight is 298 g/mol. The van der Waals surface area contributed by atoms with Gasteiger partial charge in [-0.3, -0.25) is 9.59 Å². The first kappa shape index (κ1) is 14.4. The molecule has 0 spiro atoms. The van der Waals surface area contributed by atoms with Gasteiger partial charge in [0, 0.05) is 30.1 Å². The van der Waals surface area contributed by atoms with Crippen LogP contribution in [0, 0.1) is 0 Å². The summed E-state index contributed by atoms with van der Waals surface area (Å²) in [7, 11) is 0. The topological polar surface area (TPSA) is 62.4 Å². The first-order chi connectivity index (χ1) is 10.7. The number of fused-ring (bicyclic) bond motifs is 1. The fourth-order valence-corrected chi connectivity index (χ4v) is 2.56. The SMILES string of the molecule is CCCOc1c[nH]c(CN2Cc3ccccc3C2=O)cc1=O. The summed E-state index contributed by atoms with van der Waals surface area (Å²) in [5.41, 5.74) is 2.31. The van der Waals surface area contributed by atoms with Crippen molar-refractivity contribution < 1.29 is 9.53 Å². The second-order valence-electron chi connectivity index (χ2n) is 5.35. The molecule has 0 radical (unpaired) electrons. The second kappa shape index (κ2) is 6.05. The van der Waals surface area contributed by atoms with E-state index in [2.05, 4.69) is 4.98 Å². The molecule has 0 saturated heterocycles. The van der Waals surface area contributed by atoms with Crippen LogP contribution in [0.5, 0.6) is 5.75 Å². The van der Waals surface area contributed by atoms with E-state index in [1.54, 1.807) is 11.1 Å². The molecule has 2 aromatic rings. The third-order valence-corrected chi connectivity index (χ3v) is 3.66. The van der Waals surface area contributed by atoms with E-state index in [-0.39, 0.29) is 11.3 Å². The molecule has 0 saturated carbocycles.